The van der Waals surface area contributed by atoms with Gasteiger partial charge in [0.15, 0.2) is 11.6 Å². The first-order valence-corrected chi connectivity index (χ1v) is 13.8. The number of piperidine rings is 1. The molecule has 1 aliphatic rings. The van der Waals surface area contributed by atoms with Gasteiger partial charge in [-0.05, 0) is 78.2 Å². The van der Waals surface area contributed by atoms with Crippen molar-refractivity contribution >= 4 is 34.7 Å². The highest BCUT2D eigenvalue weighted by Crippen LogP contribution is 2.37. The van der Waals surface area contributed by atoms with Crippen molar-refractivity contribution in [2.75, 3.05) is 23.7 Å². The third-order valence-corrected chi connectivity index (χ3v) is 7.95. The lowest BCUT2D eigenvalue weighted by Gasteiger charge is -2.41. The lowest BCUT2D eigenvalue weighted by atomic mass is 9.92. The number of benzene rings is 2. The number of nitrogens with one attached hydrogen (secondary N) is 2. The van der Waals surface area contributed by atoms with Gasteiger partial charge in [0.25, 0.3) is 0 Å². The van der Waals surface area contributed by atoms with Gasteiger partial charge in [0, 0.05) is 29.9 Å². The quantitative estimate of drug-likeness (QED) is 0.241. The first kappa shape index (κ1) is 29.5. The summed E-state index contributed by atoms with van der Waals surface area (Å²) < 4.78 is 45.9. The molecule has 1 aliphatic heterocycles. The molecule has 11 heteroatoms. The summed E-state index contributed by atoms with van der Waals surface area (Å²) in [6.45, 7) is 11.0. The molecule has 4 rings (SSSR count). The second-order valence-electron chi connectivity index (χ2n) is 11.3. The third-order valence-electron chi connectivity index (χ3n) is 6.74. The van der Waals surface area contributed by atoms with Crippen LogP contribution in [0.1, 0.15) is 58.4 Å². The van der Waals surface area contributed by atoms with E-state index in [1.54, 1.807) is 23.5 Å². The Morgan fingerprint density at radius 1 is 0.950 bits per heavy atom. The number of carbonyl (C=O) groups is 2. The van der Waals surface area contributed by atoms with Gasteiger partial charge in [-0.3, -0.25) is 9.69 Å². The molecule has 2 heterocycles. The zero-order valence-electron chi connectivity index (χ0n) is 23.1. The van der Waals surface area contributed by atoms with E-state index >= 15 is 0 Å². The molecule has 1 saturated heterocycles. The molecule has 3 aromatic rings. The van der Waals surface area contributed by atoms with Gasteiger partial charge in [0.05, 0.1) is 15.6 Å². The molecule has 0 atom stereocenters. The number of hydrogen-bond donors (Lipinski definition) is 2. The smallest absolute Gasteiger partial charge is 0.326 e. The first-order chi connectivity index (χ1) is 18.7. The predicted molar refractivity (Wildman–Crippen MR) is 150 cm³/mol. The Morgan fingerprint density at radius 3 is 2.20 bits per heavy atom. The molecule has 2 amide bonds. The minimum atomic E-state index is -1.34. The minimum Gasteiger partial charge on any atom is -0.459 e. The topological polar surface area (TPSA) is 83.6 Å². The molecule has 1 fully saturated rings. The highest BCUT2D eigenvalue weighted by molar-refractivity contribution is 7.15. The summed E-state index contributed by atoms with van der Waals surface area (Å²) in [5, 5.41) is 5.75. The van der Waals surface area contributed by atoms with Crippen molar-refractivity contribution in [3.05, 3.63) is 65.1 Å². The number of amides is 2. The lowest BCUT2D eigenvalue weighted by Crippen LogP contribution is -2.54. The van der Waals surface area contributed by atoms with E-state index in [0.29, 0.717) is 23.7 Å². The van der Waals surface area contributed by atoms with Crippen LogP contribution in [0.2, 0.25) is 0 Å². The van der Waals surface area contributed by atoms with E-state index in [4.69, 9.17) is 4.74 Å². The van der Waals surface area contributed by atoms with Crippen LogP contribution in [0, 0.1) is 17.5 Å². The maximum absolute atomic E-state index is 13.8. The van der Waals surface area contributed by atoms with Crippen LogP contribution in [0.25, 0.3) is 10.4 Å². The molecule has 0 saturated carbocycles. The van der Waals surface area contributed by atoms with Crippen LogP contribution >= 0.6 is 11.3 Å². The van der Waals surface area contributed by atoms with Crippen molar-refractivity contribution in [3.63, 3.8) is 0 Å². The highest BCUT2D eigenvalue weighted by atomic mass is 32.1. The minimum absolute atomic E-state index is 0.220. The summed E-state index contributed by atoms with van der Waals surface area (Å²) in [7, 11) is 0. The Morgan fingerprint density at radius 2 is 1.57 bits per heavy atom. The molecule has 7 nitrogen and oxygen atoms in total. The van der Waals surface area contributed by atoms with Gasteiger partial charge >= 0.3 is 12.0 Å². The molecular formula is C29H33F3N4O3S. The number of likely N-dealkylation sites (tertiary alicyclic amines) is 1. The number of ether oxygens (including phenoxy) is 1. The van der Waals surface area contributed by atoms with Crippen LogP contribution in [0.5, 0.6) is 0 Å². The normalized spacial score (nSPS) is 15.1. The second kappa shape index (κ2) is 11.6. The lowest BCUT2D eigenvalue weighted by molar-refractivity contribution is -0.168. The van der Waals surface area contributed by atoms with Gasteiger partial charge in [0.1, 0.15) is 17.0 Å². The summed E-state index contributed by atoms with van der Waals surface area (Å²) in [6.07, 6.45) is 3.60. The molecule has 0 aliphatic carbocycles. The summed E-state index contributed by atoms with van der Waals surface area (Å²) in [5.74, 6) is -3.60. The van der Waals surface area contributed by atoms with Gasteiger partial charge in [-0.1, -0.05) is 12.1 Å². The first-order valence-electron chi connectivity index (χ1n) is 13.0. The van der Waals surface area contributed by atoms with Crippen molar-refractivity contribution < 1.29 is 27.5 Å². The molecule has 214 valence electrons. The zero-order chi connectivity index (χ0) is 29.2. The van der Waals surface area contributed by atoms with Crippen LogP contribution < -0.4 is 10.6 Å². The summed E-state index contributed by atoms with van der Waals surface area (Å²) in [4.78, 5) is 32.8. The fraction of sp³-hybridized carbons (Fsp3) is 0.414. The zero-order valence-corrected chi connectivity index (χ0v) is 23.9. The number of rotatable bonds is 6. The Balaban J connectivity index is 1.33. The SMILES string of the molecule is CC(C)(C)OC(=O)C(C)(C)N1CCC(c2ncc(-c3ccc(NC(=O)Nc4cc(F)c(F)cc4F)cc3)s2)CC1. The van der Waals surface area contributed by atoms with Crippen molar-refractivity contribution in [2.24, 2.45) is 0 Å². The van der Waals surface area contributed by atoms with Crippen LogP contribution in [-0.4, -0.2) is 46.1 Å². The highest BCUT2D eigenvalue weighted by Gasteiger charge is 2.40. The number of thiazole rings is 1. The molecule has 0 radical (unpaired) electrons. The van der Waals surface area contributed by atoms with Crippen molar-refractivity contribution in [1.82, 2.24) is 9.88 Å². The van der Waals surface area contributed by atoms with Crippen molar-refractivity contribution in [3.8, 4) is 10.4 Å². The average Bonchev–Trinajstić information content (AvgIpc) is 3.37. The Kier molecular flexibility index (Phi) is 8.55. The summed E-state index contributed by atoms with van der Waals surface area (Å²) in [6, 6.07) is 7.20. The van der Waals surface area contributed by atoms with E-state index in [-0.39, 0.29) is 5.97 Å². The molecule has 1 aromatic heterocycles. The predicted octanol–water partition coefficient (Wildman–Crippen LogP) is 7.17. The van der Waals surface area contributed by atoms with Gasteiger partial charge in [-0.25, -0.2) is 22.9 Å². The van der Waals surface area contributed by atoms with E-state index < -0.39 is 40.3 Å². The summed E-state index contributed by atoms with van der Waals surface area (Å²) in [5.41, 5.74) is -0.347. The summed E-state index contributed by atoms with van der Waals surface area (Å²) >= 11 is 1.61. The van der Waals surface area contributed by atoms with Crippen LogP contribution in [0.4, 0.5) is 29.3 Å². The van der Waals surface area contributed by atoms with Gasteiger partial charge in [-0.2, -0.15) is 0 Å². The van der Waals surface area contributed by atoms with E-state index in [1.807, 2.05) is 52.9 Å². The Labute approximate surface area is 235 Å². The number of halogens is 3. The molecule has 2 N–H and O–H groups in total. The van der Waals surface area contributed by atoms with Crippen LogP contribution in [-0.2, 0) is 9.53 Å². The van der Waals surface area contributed by atoms with Crippen LogP contribution in [0.15, 0.2) is 42.6 Å². The third kappa shape index (κ3) is 7.00. The number of urea groups is 1. The maximum Gasteiger partial charge on any atom is 0.326 e. The molecule has 0 spiro atoms. The average molecular weight is 575 g/mol. The van der Waals surface area contributed by atoms with E-state index in [1.165, 1.54) is 0 Å². The molecule has 2 aromatic carbocycles. The number of aromatic nitrogens is 1. The Hall–Kier alpha value is -3.44. The number of hydrogen-bond acceptors (Lipinski definition) is 6. The molecule has 0 unspecified atom stereocenters. The monoisotopic (exact) mass is 574 g/mol. The van der Waals surface area contributed by atoms with Gasteiger partial charge in [0.2, 0.25) is 0 Å². The van der Waals surface area contributed by atoms with Crippen LogP contribution in [0.3, 0.4) is 0 Å². The van der Waals surface area contributed by atoms with Crippen molar-refractivity contribution in [2.45, 2.75) is 64.5 Å². The fourth-order valence-electron chi connectivity index (χ4n) is 4.45. The second-order valence-corrected chi connectivity index (χ2v) is 12.3. The van der Waals surface area contributed by atoms with E-state index in [9.17, 15) is 22.8 Å². The molecular weight excluding hydrogens is 541 g/mol. The molecule has 40 heavy (non-hydrogen) atoms. The molecule has 0 bridgehead atoms. The number of nitrogens with zero attached hydrogens (tertiary/aromatic N) is 2. The number of anilines is 2. The fourth-order valence-corrected chi connectivity index (χ4v) is 5.54. The number of carbonyl (C=O) groups excluding carboxylic acids is 2. The van der Waals surface area contributed by atoms with E-state index in [2.05, 4.69) is 20.5 Å². The largest absolute Gasteiger partial charge is 0.459 e. The number of esters is 1. The standard InChI is InChI=1S/C29H33F3N4O3S/c1-28(2,3)39-26(37)29(4,5)36-12-10-18(11-13-36)25-33-16-24(40-25)17-6-8-19(9-7-17)34-27(38)35-23-15-21(31)20(30)14-22(23)32/h6-9,14-16,18H,10-13H2,1-5H3,(H2,34,35,38). The van der Waals surface area contributed by atoms with Gasteiger partial charge in [-0.15, -0.1) is 11.3 Å². The Bertz CT molecular complexity index is 1380. The maximum atomic E-state index is 13.8. The van der Waals surface area contributed by atoms with E-state index in [0.717, 1.165) is 41.4 Å². The van der Waals surface area contributed by atoms with Crippen molar-refractivity contribution in [1.29, 1.82) is 0 Å². The van der Waals surface area contributed by atoms with Gasteiger partial charge < -0.3 is 15.4 Å².